The third-order valence-electron chi connectivity index (χ3n) is 16.5. The molecule has 8 heterocycles. The molecule has 1 N–H and O–H groups in total. The van der Waals surface area contributed by atoms with Crippen molar-refractivity contribution in [2.24, 2.45) is 0 Å². The highest BCUT2D eigenvalue weighted by molar-refractivity contribution is 6.29. The van der Waals surface area contributed by atoms with E-state index in [0.717, 1.165) is 89.1 Å². The molecule has 0 bridgehead atoms. The number of nitrogens with one attached hydrogen (secondary N) is 1. The van der Waals surface area contributed by atoms with Crippen LogP contribution in [0, 0.1) is 0 Å². The van der Waals surface area contributed by atoms with Crippen LogP contribution < -0.4 is 0 Å². The van der Waals surface area contributed by atoms with Crippen molar-refractivity contribution >= 4 is 98.8 Å². The minimum Gasteiger partial charge on any atom is -0.354 e. The molecule has 0 spiro atoms. The lowest BCUT2D eigenvalue weighted by molar-refractivity contribution is 1.01. The van der Waals surface area contributed by atoms with Crippen molar-refractivity contribution in [3.8, 4) is 62.4 Å². The Bertz CT molecular complexity index is 5610. The van der Waals surface area contributed by atoms with E-state index >= 15 is 0 Å². The molecule has 0 amide bonds. The van der Waals surface area contributed by atoms with E-state index in [1.807, 2.05) is 115 Å². The van der Waals surface area contributed by atoms with Crippen LogP contribution in [0.1, 0.15) is 0 Å². The standard InChI is InChI=1S/C39H25N5.C20H14N2.C19H12ClN3/c1-2-10-29(11-3-1)43-23-21-28-24-32-30-12-5-7-16-35(30)44(37(32)25-36(28)43)39-41-34-15-6-4-13-31(34)38(42-39)27-19-17-26(18-20-27)33-14-8-9-22-40-33;1-2-6-15(7-3-1)22-11-10-14-12-17-16-8-4-5-9-18(16)21-19(17)13-20(14)22;20-19-22-17-7-2-1-5-15(17)18(23-19)14-10-8-13(9-11-14)16-6-3-4-12-21-16/h1-25H;1-13,21H;1-12H. The summed E-state index contributed by atoms with van der Waals surface area (Å²) in [5.74, 6) is 0.649. The van der Waals surface area contributed by atoms with Crippen LogP contribution in [0.2, 0.25) is 5.28 Å². The Morgan fingerprint density at radius 1 is 0.315 bits per heavy atom. The summed E-state index contributed by atoms with van der Waals surface area (Å²) in [6.45, 7) is 0. The number of hydrogen-bond donors (Lipinski definition) is 1. The molecule has 0 radical (unpaired) electrons. The highest BCUT2D eigenvalue weighted by Gasteiger charge is 2.20. The minimum atomic E-state index is 0.257. The molecule has 0 atom stereocenters. The molecular formula is C78H51ClN10. The summed E-state index contributed by atoms with van der Waals surface area (Å²) in [6.07, 6.45) is 7.90. The highest BCUT2D eigenvalue weighted by Crippen LogP contribution is 2.38. The second-order valence-electron chi connectivity index (χ2n) is 21.8. The maximum Gasteiger partial charge on any atom is 0.235 e. The lowest BCUT2D eigenvalue weighted by Crippen LogP contribution is -2.03. The monoisotopic (exact) mass is 1160 g/mol. The van der Waals surface area contributed by atoms with E-state index in [1.54, 1.807) is 6.20 Å². The van der Waals surface area contributed by atoms with E-state index in [9.17, 15) is 0 Å². The first-order valence-corrected chi connectivity index (χ1v) is 29.8. The van der Waals surface area contributed by atoms with E-state index in [4.69, 9.17) is 21.6 Å². The average Bonchev–Trinajstić information content (AvgIpc) is 2.39. The van der Waals surface area contributed by atoms with Gasteiger partial charge in [-0.25, -0.2) is 19.9 Å². The summed E-state index contributed by atoms with van der Waals surface area (Å²) >= 11 is 6.07. The van der Waals surface area contributed by atoms with Gasteiger partial charge < -0.3 is 14.1 Å². The van der Waals surface area contributed by atoms with Crippen molar-refractivity contribution in [2.75, 3.05) is 0 Å². The fourth-order valence-electron chi connectivity index (χ4n) is 12.2. The summed E-state index contributed by atoms with van der Waals surface area (Å²) in [7, 11) is 0. The Hall–Kier alpha value is -11.9. The van der Waals surface area contributed by atoms with E-state index in [2.05, 4.69) is 221 Å². The van der Waals surface area contributed by atoms with Gasteiger partial charge in [0, 0.05) is 113 Å². The van der Waals surface area contributed by atoms with Gasteiger partial charge in [0.15, 0.2) is 0 Å². The molecule has 0 saturated carbocycles. The van der Waals surface area contributed by atoms with E-state index < -0.39 is 0 Å². The first kappa shape index (κ1) is 52.7. The number of rotatable bonds is 7. The van der Waals surface area contributed by atoms with Crippen molar-refractivity contribution in [2.45, 2.75) is 0 Å². The summed E-state index contributed by atoms with van der Waals surface area (Å²) in [5, 5.41) is 9.64. The molecule has 0 aliphatic heterocycles. The van der Waals surface area contributed by atoms with Gasteiger partial charge in [-0.15, -0.1) is 0 Å². The normalized spacial score (nSPS) is 11.4. The fourth-order valence-corrected chi connectivity index (χ4v) is 12.4. The third-order valence-corrected chi connectivity index (χ3v) is 16.6. The number of halogens is 1. The quantitative estimate of drug-likeness (QED) is 0.159. The van der Waals surface area contributed by atoms with Gasteiger partial charge in [0.2, 0.25) is 11.2 Å². The maximum atomic E-state index is 6.07. The van der Waals surface area contributed by atoms with Crippen molar-refractivity contribution < 1.29 is 0 Å². The van der Waals surface area contributed by atoms with E-state index in [1.165, 1.54) is 54.6 Å². The smallest absolute Gasteiger partial charge is 0.235 e. The van der Waals surface area contributed by atoms with Crippen molar-refractivity contribution in [3.63, 3.8) is 0 Å². The largest absolute Gasteiger partial charge is 0.354 e. The number of benzene rings is 10. The number of H-pyrrole nitrogens is 1. The molecule has 10 aromatic carbocycles. The van der Waals surface area contributed by atoms with Crippen molar-refractivity contribution in [1.82, 2.24) is 48.6 Å². The van der Waals surface area contributed by atoms with Crippen molar-refractivity contribution in [3.05, 3.63) is 309 Å². The maximum absolute atomic E-state index is 6.07. The summed E-state index contributed by atoms with van der Waals surface area (Å²) in [5.41, 5.74) is 18.8. The molecular weight excluding hydrogens is 1110 g/mol. The van der Waals surface area contributed by atoms with Crippen LogP contribution in [0.4, 0.5) is 0 Å². The van der Waals surface area contributed by atoms with Crippen molar-refractivity contribution in [1.29, 1.82) is 0 Å². The Morgan fingerprint density at radius 3 is 1.39 bits per heavy atom. The molecule has 18 aromatic rings. The van der Waals surface area contributed by atoms with Gasteiger partial charge in [0.1, 0.15) is 0 Å². The molecule has 10 nitrogen and oxygen atoms in total. The number of para-hydroxylation sites is 6. The zero-order valence-corrected chi connectivity index (χ0v) is 48.5. The predicted octanol–water partition coefficient (Wildman–Crippen LogP) is 19.7. The lowest BCUT2D eigenvalue weighted by Gasteiger charge is -2.12. The first-order chi connectivity index (χ1) is 44.0. The van der Waals surface area contributed by atoms with Gasteiger partial charge in [0.25, 0.3) is 0 Å². The SMILES string of the molecule is Clc1nc(-c2ccc(-c3ccccn3)cc2)c2ccccc2n1.c1ccc(-n2ccc3cc4c(cc32)[nH]c2ccccc24)cc1.c1ccc(-n2ccc3cc4c5ccccc5n(-c5nc(-c6ccc(-c7ccccn7)cc6)c6ccccc6n5)c4cc32)cc1. The molecule has 0 aliphatic rings. The van der Waals surface area contributed by atoms with Gasteiger partial charge >= 0.3 is 0 Å². The van der Waals surface area contributed by atoms with Crippen LogP contribution in [0.25, 0.3) is 150 Å². The number of aromatic amines is 1. The van der Waals surface area contributed by atoms with Gasteiger partial charge in [-0.2, -0.15) is 0 Å². The Balaban J connectivity index is 0.000000119. The second kappa shape index (κ2) is 22.5. The van der Waals surface area contributed by atoms with Crippen LogP contribution in [0.3, 0.4) is 0 Å². The highest BCUT2D eigenvalue weighted by atomic mass is 35.5. The van der Waals surface area contributed by atoms with Gasteiger partial charge in [-0.3, -0.25) is 14.5 Å². The van der Waals surface area contributed by atoms with Crippen LogP contribution in [-0.2, 0) is 0 Å². The molecule has 420 valence electrons. The zero-order chi connectivity index (χ0) is 59.2. The zero-order valence-electron chi connectivity index (χ0n) is 47.8. The third kappa shape index (κ3) is 9.85. The minimum absolute atomic E-state index is 0.257. The second-order valence-corrected chi connectivity index (χ2v) is 22.1. The van der Waals surface area contributed by atoms with Gasteiger partial charge in [-0.1, -0.05) is 170 Å². The van der Waals surface area contributed by atoms with E-state index in [0.29, 0.717) is 5.95 Å². The van der Waals surface area contributed by atoms with Crippen LogP contribution in [-0.4, -0.2) is 48.6 Å². The summed E-state index contributed by atoms with van der Waals surface area (Å²) in [4.78, 5) is 31.5. The number of aromatic nitrogens is 10. The molecule has 0 saturated heterocycles. The average molecular weight is 1160 g/mol. The number of nitrogens with zero attached hydrogens (tertiary/aromatic N) is 9. The van der Waals surface area contributed by atoms with Crippen LogP contribution in [0.15, 0.2) is 304 Å². The van der Waals surface area contributed by atoms with Gasteiger partial charge in [0.05, 0.1) is 55.9 Å². The molecule has 0 unspecified atom stereocenters. The fraction of sp³-hybridized carbons (Fsp3) is 0. The van der Waals surface area contributed by atoms with E-state index in [-0.39, 0.29) is 5.28 Å². The number of hydrogen-bond acceptors (Lipinski definition) is 6. The van der Waals surface area contributed by atoms with Gasteiger partial charge in [-0.05, 0) is 121 Å². The predicted molar refractivity (Wildman–Crippen MR) is 365 cm³/mol. The Kier molecular flexibility index (Phi) is 13.3. The molecule has 0 fully saturated rings. The summed E-state index contributed by atoms with van der Waals surface area (Å²) in [6, 6.07) is 96.0. The Morgan fingerprint density at radius 2 is 0.798 bits per heavy atom. The number of pyridine rings is 2. The molecule has 89 heavy (non-hydrogen) atoms. The molecule has 0 aliphatic carbocycles. The Labute approximate surface area is 515 Å². The molecule has 11 heteroatoms. The summed E-state index contributed by atoms with van der Waals surface area (Å²) < 4.78 is 6.69. The van der Waals surface area contributed by atoms with Crippen LogP contribution >= 0.6 is 11.6 Å². The van der Waals surface area contributed by atoms with Crippen LogP contribution in [0.5, 0.6) is 0 Å². The molecule has 18 rings (SSSR count). The lowest BCUT2D eigenvalue weighted by atomic mass is 10.0. The first-order valence-electron chi connectivity index (χ1n) is 29.4. The number of fused-ring (bicyclic) bond motifs is 10. The molecule has 8 aromatic heterocycles. The topological polar surface area (TPSA) is 108 Å².